The molecule has 6 nitrogen and oxygen atoms in total. The number of carboxylic acid groups (broad SMARTS) is 1. The maximum atomic E-state index is 11.5. The van der Waals surface area contributed by atoms with Crippen LogP contribution in [0.2, 0.25) is 0 Å². The molecule has 0 amide bonds. The normalized spacial score (nSPS) is 10.6. The number of benzene rings is 2. The number of hydrogen-bond donors (Lipinski definition) is 3. The zero-order valence-corrected chi connectivity index (χ0v) is 13.7. The Morgan fingerprint density at radius 3 is 2.60 bits per heavy atom. The third kappa shape index (κ3) is 3.80. The summed E-state index contributed by atoms with van der Waals surface area (Å²) in [5.41, 5.74) is 1.82. The molecule has 0 aliphatic rings. The van der Waals surface area contributed by atoms with Crippen molar-refractivity contribution in [1.29, 1.82) is 0 Å². The van der Waals surface area contributed by atoms with Crippen LogP contribution in [0.3, 0.4) is 0 Å². The Bertz CT molecular complexity index is 907. The number of phenols is 1. The highest BCUT2D eigenvalue weighted by Gasteiger charge is 2.13. The lowest BCUT2D eigenvalue weighted by atomic mass is 10.1. The molecule has 0 aliphatic carbocycles. The predicted octanol–water partition coefficient (Wildman–Crippen LogP) is 3.30. The zero-order valence-electron chi connectivity index (χ0n) is 13.7. The van der Waals surface area contributed by atoms with Gasteiger partial charge in [0.2, 0.25) is 0 Å². The topological polar surface area (TPSA) is 91.7 Å². The number of anilines is 1. The fraction of sp³-hybridized carbons (Fsp3) is 0.158. The highest BCUT2D eigenvalue weighted by atomic mass is 16.5. The molecule has 3 rings (SSSR count). The number of aromatic carboxylic acids is 1. The summed E-state index contributed by atoms with van der Waals surface area (Å²) < 4.78 is 5.19. The minimum absolute atomic E-state index is 0.128. The molecule has 2 aromatic carbocycles. The van der Waals surface area contributed by atoms with Crippen LogP contribution < -0.4 is 10.1 Å². The second kappa shape index (κ2) is 7.09. The third-order valence-corrected chi connectivity index (χ3v) is 3.90. The molecule has 1 heterocycles. The van der Waals surface area contributed by atoms with E-state index in [0.29, 0.717) is 30.0 Å². The van der Waals surface area contributed by atoms with E-state index in [1.807, 2.05) is 12.1 Å². The van der Waals surface area contributed by atoms with Crippen molar-refractivity contribution in [1.82, 2.24) is 4.98 Å². The summed E-state index contributed by atoms with van der Waals surface area (Å²) in [5.74, 6) is 0.178. The molecule has 1 aromatic heterocycles. The molecule has 25 heavy (non-hydrogen) atoms. The maximum absolute atomic E-state index is 11.5. The minimum Gasteiger partial charge on any atom is -0.508 e. The number of nitrogens with one attached hydrogen (secondary N) is 1. The molecule has 0 atom stereocenters. The standard InChI is InChI=1S/C19H18N2O4/c1-25-15-7-4-13-10-16(19(23)24)18(21-17(13)11-15)20-9-8-12-2-5-14(22)6-3-12/h2-7,10-11,22H,8-9H2,1H3,(H,20,21)(H,23,24). The second-order valence-corrected chi connectivity index (χ2v) is 5.59. The molecular formula is C19H18N2O4. The van der Waals surface area contributed by atoms with Crippen molar-refractivity contribution in [2.45, 2.75) is 6.42 Å². The summed E-state index contributed by atoms with van der Waals surface area (Å²) in [6, 6.07) is 13.8. The average molecular weight is 338 g/mol. The van der Waals surface area contributed by atoms with Gasteiger partial charge >= 0.3 is 5.97 Å². The number of aromatic hydroxyl groups is 1. The van der Waals surface area contributed by atoms with E-state index in [1.165, 1.54) is 0 Å². The molecule has 3 aromatic rings. The maximum Gasteiger partial charge on any atom is 0.339 e. The van der Waals surface area contributed by atoms with E-state index in [2.05, 4.69) is 10.3 Å². The SMILES string of the molecule is COc1ccc2cc(C(=O)O)c(NCCc3ccc(O)cc3)nc2c1. The summed E-state index contributed by atoms with van der Waals surface area (Å²) >= 11 is 0. The Kier molecular flexibility index (Phi) is 4.70. The Labute approximate surface area is 144 Å². The monoisotopic (exact) mass is 338 g/mol. The van der Waals surface area contributed by atoms with Gasteiger partial charge in [0.15, 0.2) is 0 Å². The van der Waals surface area contributed by atoms with Gasteiger partial charge in [0.05, 0.1) is 12.6 Å². The first kappa shape index (κ1) is 16.6. The Morgan fingerprint density at radius 1 is 1.16 bits per heavy atom. The van der Waals surface area contributed by atoms with Crippen molar-refractivity contribution in [3.05, 3.63) is 59.7 Å². The van der Waals surface area contributed by atoms with Gasteiger partial charge < -0.3 is 20.3 Å². The van der Waals surface area contributed by atoms with Gasteiger partial charge in [-0.05, 0) is 42.3 Å². The summed E-state index contributed by atoms with van der Waals surface area (Å²) in [7, 11) is 1.57. The van der Waals surface area contributed by atoms with Gasteiger partial charge in [0, 0.05) is 18.0 Å². The number of rotatable bonds is 6. The van der Waals surface area contributed by atoms with Gasteiger partial charge in [-0.2, -0.15) is 0 Å². The van der Waals surface area contributed by atoms with Crippen LogP contribution in [0.1, 0.15) is 15.9 Å². The first-order valence-electron chi connectivity index (χ1n) is 7.80. The van der Waals surface area contributed by atoms with Crippen molar-refractivity contribution >= 4 is 22.7 Å². The molecular weight excluding hydrogens is 320 g/mol. The van der Waals surface area contributed by atoms with Crippen molar-refractivity contribution in [2.24, 2.45) is 0 Å². The first-order chi connectivity index (χ1) is 12.1. The molecule has 0 saturated carbocycles. The van der Waals surface area contributed by atoms with Gasteiger partial charge in [-0.25, -0.2) is 9.78 Å². The van der Waals surface area contributed by atoms with Crippen molar-refractivity contribution in [3.8, 4) is 11.5 Å². The van der Waals surface area contributed by atoms with Gasteiger partial charge in [-0.1, -0.05) is 12.1 Å². The fourth-order valence-electron chi connectivity index (χ4n) is 2.56. The van der Waals surface area contributed by atoms with Crippen LogP contribution in [-0.2, 0) is 6.42 Å². The molecule has 0 bridgehead atoms. The molecule has 6 heteroatoms. The molecule has 128 valence electrons. The van der Waals surface area contributed by atoms with Crippen LogP contribution in [0.5, 0.6) is 11.5 Å². The van der Waals surface area contributed by atoms with Crippen molar-refractivity contribution in [2.75, 3.05) is 19.0 Å². The molecule has 0 saturated heterocycles. The van der Waals surface area contributed by atoms with Crippen LogP contribution >= 0.6 is 0 Å². The van der Waals surface area contributed by atoms with Crippen LogP contribution in [0.25, 0.3) is 10.9 Å². The Balaban J connectivity index is 1.83. The summed E-state index contributed by atoms with van der Waals surface area (Å²) in [4.78, 5) is 16.0. The number of ether oxygens (including phenoxy) is 1. The van der Waals surface area contributed by atoms with E-state index >= 15 is 0 Å². The summed E-state index contributed by atoms with van der Waals surface area (Å²) in [6.45, 7) is 0.521. The molecule has 0 fully saturated rings. The molecule has 0 unspecified atom stereocenters. The smallest absolute Gasteiger partial charge is 0.339 e. The van der Waals surface area contributed by atoms with E-state index in [4.69, 9.17) is 4.74 Å². The highest BCUT2D eigenvalue weighted by Crippen LogP contribution is 2.24. The molecule has 0 spiro atoms. The number of phenolic OH excluding ortho intramolecular Hbond substituents is 1. The number of methoxy groups -OCH3 is 1. The van der Waals surface area contributed by atoms with Crippen LogP contribution in [0.4, 0.5) is 5.82 Å². The minimum atomic E-state index is -1.03. The molecule has 0 radical (unpaired) electrons. The number of aromatic nitrogens is 1. The third-order valence-electron chi connectivity index (χ3n) is 3.90. The lowest BCUT2D eigenvalue weighted by Gasteiger charge is -2.11. The average Bonchev–Trinajstić information content (AvgIpc) is 2.62. The van der Waals surface area contributed by atoms with Crippen LogP contribution in [-0.4, -0.2) is 34.8 Å². The Hall–Kier alpha value is -3.28. The number of hydrogen-bond acceptors (Lipinski definition) is 5. The number of carboxylic acids is 1. The first-order valence-corrected chi connectivity index (χ1v) is 7.80. The zero-order chi connectivity index (χ0) is 17.8. The lowest BCUT2D eigenvalue weighted by molar-refractivity contribution is 0.0697. The van der Waals surface area contributed by atoms with Gasteiger partial charge in [-0.3, -0.25) is 0 Å². The Morgan fingerprint density at radius 2 is 1.92 bits per heavy atom. The van der Waals surface area contributed by atoms with Gasteiger partial charge in [0.25, 0.3) is 0 Å². The van der Waals surface area contributed by atoms with Gasteiger partial charge in [-0.15, -0.1) is 0 Å². The van der Waals surface area contributed by atoms with Crippen LogP contribution in [0.15, 0.2) is 48.5 Å². The summed E-state index contributed by atoms with van der Waals surface area (Å²) in [5, 5.41) is 22.6. The second-order valence-electron chi connectivity index (χ2n) is 5.59. The van der Waals surface area contributed by atoms with E-state index in [1.54, 1.807) is 43.5 Å². The van der Waals surface area contributed by atoms with Crippen molar-refractivity contribution < 1.29 is 19.7 Å². The predicted molar refractivity (Wildman–Crippen MR) is 95.6 cm³/mol. The van der Waals surface area contributed by atoms with E-state index < -0.39 is 5.97 Å². The number of nitrogens with zero attached hydrogens (tertiary/aromatic N) is 1. The lowest BCUT2D eigenvalue weighted by Crippen LogP contribution is -2.11. The number of fused-ring (bicyclic) bond motifs is 1. The number of carbonyl (C=O) groups is 1. The highest BCUT2D eigenvalue weighted by molar-refractivity contribution is 5.98. The van der Waals surface area contributed by atoms with Crippen LogP contribution in [0, 0.1) is 0 Å². The largest absolute Gasteiger partial charge is 0.508 e. The molecule has 0 aliphatic heterocycles. The quantitative estimate of drug-likeness (QED) is 0.639. The van der Waals surface area contributed by atoms with Gasteiger partial charge in [0.1, 0.15) is 22.9 Å². The fourth-order valence-corrected chi connectivity index (χ4v) is 2.56. The van der Waals surface area contributed by atoms with E-state index in [0.717, 1.165) is 10.9 Å². The van der Waals surface area contributed by atoms with E-state index in [-0.39, 0.29) is 11.3 Å². The number of pyridine rings is 1. The van der Waals surface area contributed by atoms with Crippen molar-refractivity contribution in [3.63, 3.8) is 0 Å². The van der Waals surface area contributed by atoms with E-state index in [9.17, 15) is 15.0 Å². The summed E-state index contributed by atoms with van der Waals surface area (Å²) in [6.07, 6.45) is 0.678. The molecule has 3 N–H and O–H groups in total.